The Hall–Kier alpha value is -0.450. The summed E-state index contributed by atoms with van der Waals surface area (Å²) in [5, 5.41) is 6.74. The SMILES string of the molecule is CCNC(C)(C)c1csc(CCOCC)n1. The van der Waals surface area contributed by atoms with Gasteiger partial charge in [-0.1, -0.05) is 6.92 Å². The molecule has 0 fully saturated rings. The van der Waals surface area contributed by atoms with Crippen LogP contribution in [0.4, 0.5) is 0 Å². The van der Waals surface area contributed by atoms with E-state index in [0.717, 1.165) is 36.9 Å². The van der Waals surface area contributed by atoms with E-state index in [0.29, 0.717) is 0 Å². The maximum atomic E-state index is 5.33. The van der Waals surface area contributed by atoms with Gasteiger partial charge in [0.05, 0.1) is 22.8 Å². The van der Waals surface area contributed by atoms with Crippen LogP contribution in [-0.4, -0.2) is 24.7 Å². The van der Waals surface area contributed by atoms with Gasteiger partial charge in [0.1, 0.15) is 0 Å². The van der Waals surface area contributed by atoms with Crippen LogP contribution in [0.15, 0.2) is 5.38 Å². The van der Waals surface area contributed by atoms with Crippen molar-refractivity contribution in [3.8, 4) is 0 Å². The molecule has 16 heavy (non-hydrogen) atoms. The molecule has 0 spiro atoms. The normalized spacial score (nSPS) is 12.0. The second-order valence-electron chi connectivity index (χ2n) is 4.23. The Morgan fingerprint density at radius 1 is 1.44 bits per heavy atom. The molecule has 0 aliphatic heterocycles. The molecular formula is C12H22N2OS. The minimum atomic E-state index is -0.0326. The van der Waals surface area contributed by atoms with Crippen LogP contribution in [0.2, 0.25) is 0 Å². The zero-order valence-corrected chi connectivity index (χ0v) is 11.5. The van der Waals surface area contributed by atoms with Crippen molar-refractivity contribution in [1.29, 1.82) is 0 Å². The van der Waals surface area contributed by atoms with Gasteiger partial charge in [0.2, 0.25) is 0 Å². The number of nitrogens with one attached hydrogen (secondary N) is 1. The second kappa shape index (κ2) is 6.33. The fraction of sp³-hybridized carbons (Fsp3) is 0.750. The molecular weight excluding hydrogens is 220 g/mol. The molecule has 1 heterocycles. The fourth-order valence-corrected chi connectivity index (χ4v) is 2.50. The van der Waals surface area contributed by atoms with Crippen molar-refractivity contribution < 1.29 is 4.74 Å². The molecule has 0 aromatic carbocycles. The van der Waals surface area contributed by atoms with E-state index in [2.05, 4.69) is 36.5 Å². The summed E-state index contributed by atoms with van der Waals surface area (Å²) in [5.74, 6) is 0. The highest BCUT2D eigenvalue weighted by molar-refractivity contribution is 7.09. The van der Waals surface area contributed by atoms with Crippen LogP contribution in [0.1, 0.15) is 38.4 Å². The molecule has 3 nitrogen and oxygen atoms in total. The molecule has 92 valence electrons. The Labute approximate surface area is 102 Å². The molecule has 4 heteroatoms. The van der Waals surface area contributed by atoms with Crippen molar-refractivity contribution in [3.05, 3.63) is 16.1 Å². The minimum absolute atomic E-state index is 0.0326. The standard InChI is InChI=1S/C12H22N2OS/c1-5-13-12(3,4)10-9-16-11(14-10)7-8-15-6-2/h9,13H,5-8H2,1-4H3. The van der Waals surface area contributed by atoms with Crippen molar-refractivity contribution in [2.45, 2.75) is 39.7 Å². The van der Waals surface area contributed by atoms with Gasteiger partial charge < -0.3 is 10.1 Å². The molecule has 0 saturated heterocycles. The lowest BCUT2D eigenvalue weighted by Crippen LogP contribution is -2.36. The van der Waals surface area contributed by atoms with Gasteiger partial charge in [-0.15, -0.1) is 11.3 Å². The number of nitrogens with zero attached hydrogens (tertiary/aromatic N) is 1. The molecule has 0 unspecified atom stereocenters. The zero-order valence-electron chi connectivity index (χ0n) is 10.7. The van der Waals surface area contributed by atoms with Crippen LogP contribution < -0.4 is 5.32 Å². The second-order valence-corrected chi connectivity index (χ2v) is 5.17. The molecule has 0 saturated carbocycles. The van der Waals surface area contributed by atoms with Gasteiger partial charge in [-0.2, -0.15) is 0 Å². The number of hydrogen-bond donors (Lipinski definition) is 1. The van der Waals surface area contributed by atoms with Gasteiger partial charge in [0.15, 0.2) is 0 Å². The van der Waals surface area contributed by atoms with E-state index < -0.39 is 0 Å². The summed E-state index contributed by atoms with van der Waals surface area (Å²) >= 11 is 1.72. The average Bonchev–Trinajstić information content (AvgIpc) is 2.67. The molecule has 0 radical (unpaired) electrons. The molecule has 1 aromatic rings. The smallest absolute Gasteiger partial charge is 0.0952 e. The van der Waals surface area contributed by atoms with Crippen molar-refractivity contribution in [3.63, 3.8) is 0 Å². The molecule has 1 N–H and O–H groups in total. The Kier molecular flexibility index (Phi) is 5.38. The third-order valence-corrected chi connectivity index (χ3v) is 3.38. The monoisotopic (exact) mass is 242 g/mol. The first-order valence-electron chi connectivity index (χ1n) is 5.87. The number of ether oxygens (including phenoxy) is 1. The summed E-state index contributed by atoms with van der Waals surface area (Å²) in [6.07, 6.45) is 0.917. The topological polar surface area (TPSA) is 34.1 Å². The minimum Gasteiger partial charge on any atom is -0.381 e. The Bertz CT molecular complexity index is 310. The lowest BCUT2D eigenvalue weighted by molar-refractivity contribution is 0.151. The van der Waals surface area contributed by atoms with E-state index in [4.69, 9.17) is 4.74 Å². The number of thiazole rings is 1. The third-order valence-electron chi connectivity index (χ3n) is 2.48. The van der Waals surface area contributed by atoms with Crippen LogP contribution >= 0.6 is 11.3 Å². The first-order chi connectivity index (χ1) is 7.60. The number of hydrogen-bond acceptors (Lipinski definition) is 4. The van der Waals surface area contributed by atoms with Gasteiger partial charge in [-0.05, 0) is 27.3 Å². The van der Waals surface area contributed by atoms with Crippen molar-refractivity contribution in [1.82, 2.24) is 10.3 Å². The van der Waals surface area contributed by atoms with Gasteiger partial charge in [0.25, 0.3) is 0 Å². The van der Waals surface area contributed by atoms with Crippen LogP contribution in [0, 0.1) is 0 Å². The molecule has 0 atom stereocenters. The van der Waals surface area contributed by atoms with Crippen LogP contribution in [0.25, 0.3) is 0 Å². The van der Waals surface area contributed by atoms with Crippen molar-refractivity contribution >= 4 is 11.3 Å². The van der Waals surface area contributed by atoms with Crippen LogP contribution in [0.5, 0.6) is 0 Å². The maximum absolute atomic E-state index is 5.33. The van der Waals surface area contributed by atoms with Gasteiger partial charge >= 0.3 is 0 Å². The van der Waals surface area contributed by atoms with E-state index in [-0.39, 0.29) is 5.54 Å². The molecule has 1 rings (SSSR count). The highest BCUT2D eigenvalue weighted by Gasteiger charge is 2.21. The first kappa shape index (κ1) is 13.6. The van der Waals surface area contributed by atoms with Gasteiger partial charge in [0, 0.05) is 18.4 Å². The Balaban J connectivity index is 2.56. The van der Waals surface area contributed by atoms with E-state index >= 15 is 0 Å². The lowest BCUT2D eigenvalue weighted by atomic mass is 10.0. The Morgan fingerprint density at radius 2 is 2.19 bits per heavy atom. The summed E-state index contributed by atoms with van der Waals surface area (Å²) in [5.41, 5.74) is 1.10. The van der Waals surface area contributed by atoms with E-state index in [9.17, 15) is 0 Å². The lowest BCUT2D eigenvalue weighted by Gasteiger charge is -2.23. The summed E-state index contributed by atoms with van der Waals surface area (Å²) in [4.78, 5) is 4.65. The quantitative estimate of drug-likeness (QED) is 0.746. The van der Waals surface area contributed by atoms with E-state index in [1.54, 1.807) is 11.3 Å². The van der Waals surface area contributed by atoms with Crippen LogP contribution in [0.3, 0.4) is 0 Å². The molecule has 1 aromatic heterocycles. The largest absolute Gasteiger partial charge is 0.381 e. The summed E-state index contributed by atoms with van der Waals surface area (Å²) in [6, 6.07) is 0. The average molecular weight is 242 g/mol. The summed E-state index contributed by atoms with van der Waals surface area (Å²) in [6.45, 7) is 11.0. The van der Waals surface area contributed by atoms with E-state index in [1.165, 1.54) is 0 Å². The van der Waals surface area contributed by atoms with Crippen molar-refractivity contribution in [2.75, 3.05) is 19.8 Å². The molecule has 0 amide bonds. The van der Waals surface area contributed by atoms with Gasteiger partial charge in [-0.25, -0.2) is 4.98 Å². The third kappa shape index (κ3) is 3.85. The first-order valence-corrected chi connectivity index (χ1v) is 6.75. The Morgan fingerprint density at radius 3 is 2.81 bits per heavy atom. The summed E-state index contributed by atoms with van der Waals surface area (Å²) in [7, 11) is 0. The van der Waals surface area contributed by atoms with Gasteiger partial charge in [-0.3, -0.25) is 0 Å². The zero-order chi connectivity index (χ0) is 12.0. The predicted molar refractivity (Wildman–Crippen MR) is 69.0 cm³/mol. The predicted octanol–water partition coefficient (Wildman–Crippen LogP) is 2.57. The fourth-order valence-electron chi connectivity index (χ4n) is 1.55. The molecule has 0 aliphatic carbocycles. The van der Waals surface area contributed by atoms with Crippen LogP contribution in [-0.2, 0) is 16.7 Å². The van der Waals surface area contributed by atoms with E-state index in [1.807, 2.05) is 6.92 Å². The highest BCUT2D eigenvalue weighted by atomic mass is 32.1. The number of aromatic nitrogens is 1. The highest BCUT2D eigenvalue weighted by Crippen LogP contribution is 2.22. The number of rotatable bonds is 7. The maximum Gasteiger partial charge on any atom is 0.0952 e. The molecule has 0 bridgehead atoms. The van der Waals surface area contributed by atoms with Crippen molar-refractivity contribution in [2.24, 2.45) is 0 Å². The molecule has 0 aliphatic rings. The summed E-state index contributed by atoms with van der Waals surface area (Å²) < 4.78 is 5.33.